The molecule has 0 saturated heterocycles. The largest absolute Gasteiger partial charge is 0.310 e. The van der Waals surface area contributed by atoms with Gasteiger partial charge in [0.05, 0.1) is 22.1 Å². The van der Waals surface area contributed by atoms with Gasteiger partial charge in [-0.2, -0.15) is 0 Å². The van der Waals surface area contributed by atoms with Gasteiger partial charge in [0.25, 0.3) is 0 Å². The molecule has 1 heterocycles. The summed E-state index contributed by atoms with van der Waals surface area (Å²) < 4.78 is 2.39. The number of hydrogen-bond acceptors (Lipinski definition) is 1. The van der Waals surface area contributed by atoms with Crippen LogP contribution < -0.4 is 4.90 Å². The van der Waals surface area contributed by atoms with Gasteiger partial charge in [0.2, 0.25) is 0 Å². The average Bonchev–Trinajstić information content (AvgIpc) is 3.72. The second-order valence-corrected chi connectivity index (χ2v) is 15.3. The molecular formula is C52H38N2. The fourth-order valence-electron chi connectivity index (χ4n) is 10.0. The van der Waals surface area contributed by atoms with Gasteiger partial charge >= 0.3 is 0 Å². The van der Waals surface area contributed by atoms with Crippen molar-refractivity contribution in [1.82, 2.24) is 4.57 Å². The molecule has 2 heteroatoms. The van der Waals surface area contributed by atoms with Crippen LogP contribution in [0.25, 0.3) is 38.6 Å². The van der Waals surface area contributed by atoms with Crippen molar-refractivity contribution in [2.75, 3.05) is 4.90 Å². The molecule has 11 rings (SSSR count). The topological polar surface area (TPSA) is 8.17 Å². The van der Waals surface area contributed by atoms with Crippen LogP contribution in [0.3, 0.4) is 0 Å². The maximum atomic E-state index is 2.48. The third-order valence-corrected chi connectivity index (χ3v) is 12.2. The maximum absolute atomic E-state index is 2.48. The van der Waals surface area contributed by atoms with E-state index in [0.717, 1.165) is 17.1 Å². The van der Waals surface area contributed by atoms with Crippen LogP contribution >= 0.6 is 0 Å². The van der Waals surface area contributed by atoms with E-state index in [4.69, 9.17) is 0 Å². The molecule has 0 fully saturated rings. The van der Waals surface area contributed by atoms with Crippen molar-refractivity contribution in [2.45, 2.75) is 24.7 Å². The molecule has 0 amide bonds. The summed E-state index contributed by atoms with van der Waals surface area (Å²) in [6, 6.07) is 71.9. The standard InChI is InChI=1S/C52H38N2/c1-51(2)42-25-12-14-27-44(42)52(45-28-15-13-26-43(45)51)41-24-11-9-23-39(41)50-46(52)29-17-31-49(50)53(35-18-5-3-6-19-35)37-32-33-48-40(34-37)38-22-10-16-30-47(38)54(48)36-20-7-4-8-21-36/h3-34H,1-2H3. The molecule has 0 bridgehead atoms. The Morgan fingerprint density at radius 3 is 1.69 bits per heavy atom. The smallest absolute Gasteiger partial charge is 0.0720 e. The van der Waals surface area contributed by atoms with Crippen LogP contribution in [0.1, 0.15) is 47.2 Å². The Hall–Kier alpha value is -6.64. The van der Waals surface area contributed by atoms with Crippen LogP contribution in [0.15, 0.2) is 194 Å². The molecule has 1 aromatic heterocycles. The molecule has 0 saturated carbocycles. The van der Waals surface area contributed by atoms with Gasteiger partial charge in [-0.15, -0.1) is 0 Å². The van der Waals surface area contributed by atoms with Crippen molar-refractivity contribution in [1.29, 1.82) is 0 Å². The van der Waals surface area contributed by atoms with Crippen LogP contribution in [-0.4, -0.2) is 4.57 Å². The van der Waals surface area contributed by atoms with Crippen molar-refractivity contribution in [3.05, 3.63) is 228 Å². The molecule has 256 valence electrons. The van der Waals surface area contributed by atoms with Crippen molar-refractivity contribution in [2.24, 2.45) is 0 Å². The number of para-hydroxylation sites is 3. The Morgan fingerprint density at radius 1 is 0.407 bits per heavy atom. The fourth-order valence-corrected chi connectivity index (χ4v) is 10.0. The van der Waals surface area contributed by atoms with E-state index in [0.29, 0.717) is 0 Å². The zero-order valence-corrected chi connectivity index (χ0v) is 30.4. The highest BCUT2D eigenvalue weighted by molar-refractivity contribution is 6.11. The normalized spacial score (nSPS) is 14.4. The molecule has 9 aromatic rings. The molecule has 8 aromatic carbocycles. The number of benzene rings is 8. The van der Waals surface area contributed by atoms with Gasteiger partial charge in [0.1, 0.15) is 0 Å². The summed E-state index contributed by atoms with van der Waals surface area (Å²) in [6.45, 7) is 4.77. The second kappa shape index (κ2) is 11.4. The molecule has 0 N–H and O–H groups in total. The van der Waals surface area contributed by atoms with Crippen LogP contribution in [0.4, 0.5) is 17.1 Å². The van der Waals surface area contributed by atoms with E-state index in [2.05, 4.69) is 217 Å². The third-order valence-electron chi connectivity index (χ3n) is 12.2. The number of hydrogen-bond donors (Lipinski definition) is 0. The summed E-state index contributed by atoms with van der Waals surface area (Å²) in [5.74, 6) is 0. The van der Waals surface area contributed by atoms with Crippen molar-refractivity contribution >= 4 is 38.9 Å². The van der Waals surface area contributed by atoms with E-state index in [1.807, 2.05) is 0 Å². The molecule has 0 radical (unpaired) electrons. The summed E-state index contributed by atoms with van der Waals surface area (Å²) >= 11 is 0. The lowest BCUT2D eigenvalue weighted by molar-refractivity contribution is 0.563. The molecule has 0 aliphatic heterocycles. The minimum absolute atomic E-state index is 0.141. The monoisotopic (exact) mass is 690 g/mol. The predicted molar refractivity (Wildman–Crippen MR) is 225 cm³/mol. The SMILES string of the molecule is CC1(C)c2ccccc2C2(c3ccccc3-c3c(N(c4ccccc4)c4ccc5c(c4)c4ccccc4n5-c4ccccc4)cccc32)c2ccccc21. The Balaban J connectivity index is 1.22. The number of aromatic nitrogens is 1. The number of nitrogens with zero attached hydrogens (tertiary/aromatic N) is 2. The summed E-state index contributed by atoms with van der Waals surface area (Å²) in [6.07, 6.45) is 0. The molecular weight excluding hydrogens is 653 g/mol. The summed E-state index contributed by atoms with van der Waals surface area (Å²) in [4.78, 5) is 2.48. The van der Waals surface area contributed by atoms with E-state index in [1.54, 1.807) is 0 Å². The first-order valence-corrected chi connectivity index (χ1v) is 19.0. The number of anilines is 3. The van der Waals surface area contributed by atoms with Crippen LogP contribution in [-0.2, 0) is 10.8 Å². The maximum Gasteiger partial charge on any atom is 0.0720 e. The minimum Gasteiger partial charge on any atom is -0.310 e. The molecule has 1 spiro atoms. The highest BCUT2D eigenvalue weighted by atomic mass is 15.1. The fraction of sp³-hybridized carbons (Fsp3) is 0.0769. The molecule has 2 nitrogen and oxygen atoms in total. The second-order valence-electron chi connectivity index (χ2n) is 15.3. The lowest BCUT2D eigenvalue weighted by Crippen LogP contribution is -2.40. The zero-order chi connectivity index (χ0) is 36.0. The Bertz CT molecular complexity index is 2870. The quantitative estimate of drug-likeness (QED) is 0.178. The third kappa shape index (κ3) is 4.06. The van der Waals surface area contributed by atoms with E-state index in [-0.39, 0.29) is 5.41 Å². The van der Waals surface area contributed by atoms with E-state index in [1.165, 1.54) is 72.0 Å². The summed E-state index contributed by atoms with van der Waals surface area (Å²) in [5, 5.41) is 2.47. The highest BCUT2D eigenvalue weighted by Gasteiger charge is 2.53. The molecule has 0 unspecified atom stereocenters. The van der Waals surface area contributed by atoms with E-state index in [9.17, 15) is 0 Å². The number of fused-ring (bicyclic) bond motifs is 12. The lowest BCUT2D eigenvalue weighted by Gasteiger charge is -2.46. The Kier molecular flexibility index (Phi) is 6.55. The van der Waals surface area contributed by atoms with Crippen LogP contribution in [0, 0.1) is 0 Å². The minimum atomic E-state index is -0.458. The first-order chi connectivity index (χ1) is 26.6. The average molecular weight is 691 g/mol. The van der Waals surface area contributed by atoms with Gasteiger partial charge in [-0.3, -0.25) is 0 Å². The van der Waals surface area contributed by atoms with Gasteiger partial charge in [-0.25, -0.2) is 0 Å². The van der Waals surface area contributed by atoms with E-state index >= 15 is 0 Å². The molecule has 2 aliphatic rings. The highest BCUT2D eigenvalue weighted by Crippen LogP contribution is 2.64. The van der Waals surface area contributed by atoms with Gasteiger partial charge < -0.3 is 9.47 Å². The van der Waals surface area contributed by atoms with Crippen molar-refractivity contribution in [3.63, 3.8) is 0 Å². The Morgan fingerprint density at radius 2 is 0.963 bits per heavy atom. The number of rotatable bonds is 4. The van der Waals surface area contributed by atoms with Crippen LogP contribution in [0.5, 0.6) is 0 Å². The summed E-state index contributed by atoms with van der Waals surface area (Å²) in [5.41, 5.74) is 17.2. The van der Waals surface area contributed by atoms with Gasteiger partial charge in [0, 0.05) is 38.8 Å². The molecule has 2 aliphatic carbocycles. The van der Waals surface area contributed by atoms with Gasteiger partial charge in [-0.1, -0.05) is 153 Å². The van der Waals surface area contributed by atoms with E-state index < -0.39 is 5.41 Å². The molecule has 54 heavy (non-hydrogen) atoms. The molecule has 0 atom stereocenters. The first-order valence-electron chi connectivity index (χ1n) is 19.0. The first kappa shape index (κ1) is 30.9. The summed E-state index contributed by atoms with van der Waals surface area (Å²) in [7, 11) is 0. The van der Waals surface area contributed by atoms with Gasteiger partial charge in [-0.05, 0) is 93.5 Å². The van der Waals surface area contributed by atoms with Crippen LogP contribution in [0.2, 0.25) is 0 Å². The van der Waals surface area contributed by atoms with Crippen molar-refractivity contribution < 1.29 is 0 Å². The Labute approximate surface area is 316 Å². The lowest BCUT2D eigenvalue weighted by atomic mass is 9.55. The predicted octanol–water partition coefficient (Wildman–Crippen LogP) is 13.3. The van der Waals surface area contributed by atoms with Gasteiger partial charge in [0.15, 0.2) is 0 Å². The zero-order valence-electron chi connectivity index (χ0n) is 30.4. The van der Waals surface area contributed by atoms with Crippen molar-refractivity contribution in [3.8, 4) is 16.8 Å².